The first kappa shape index (κ1) is 18.8. The molecular weight excluding hydrogens is 340 g/mol. The quantitative estimate of drug-likeness (QED) is 0.815. The van der Waals surface area contributed by atoms with Gasteiger partial charge in [0, 0.05) is 38.4 Å². The zero-order chi connectivity index (χ0) is 18.9. The number of benzene rings is 1. The van der Waals surface area contributed by atoms with E-state index in [1.165, 1.54) is 0 Å². The lowest BCUT2D eigenvalue weighted by Gasteiger charge is -2.46. The third-order valence-corrected chi connectivity index (χ3v) is 6.91. The van der Waals surface area contributed by atoms with Crippen molar-refractivity contribution in [2.75, 3.05) is 46.5 Å². The highest BCUT2D eigenvalue weighted by Crippen LogP contribution is 2.50. The van der Waals surface area contributed by atoms with Crippen LogP contribution in [-0.2, 0) is 14.9 Å². The Morgan fingerprint density at radius 3 is 2.41 bits per heavy atom. The summed E-state index contributed by atoms with van der Waals surface area (Å²) in [4.78, 5) is 18.4. The molecule has 0 atom stereocenters. The summed E-state index contributed by atoms with van der Waals surface area (Å²) in [5, 5.41) is 0. The lowest BCUT2D eigenvalue weighted by Crippen LogP contribution is -2.58. The summed E-state index contributed by atoms with van der Waals surface area (Å²) >= 11 is 0. The van der Waals surface area contributed by atoms with Gasteiger partial charge >= 0.3 is 0 Å². The number of carbonyl (C=O) groups is 1. The first-order valence-electron chi connectivity index (χ1n) is 10.4. The second-order valence-electron chi connectivity index (χ2n) is 8.31. The SMILES string of the molecule is CCN1CCCN(C(=O)C2(c3ccc(OC)cc3)CC2)CC12CCOCC2. The number of hydrogen-bond acceptors (Lipinski definition) is 4. The standard InChI is InChI=1S/C22H32N2O3/c1-3-24-14-4-13-23(17-21(24)11-15-27-16-12-21)20(25)22(9-10-22)18-5-7-19(26-2)8-6-18/h5-8H,3-4,9-17H2,1-2H3. The number of nitrogens with zero attached hydrogens (tertiary/aromatic N) is 2. The lowest BCUT2D eigenvalue weighted by molar-refractivity contribution is -0.136. The van der Waals surface area contributed by atoms with Crippen LogP contribution < -0.4 is 4.74 Å². The molecule has 2 aliphatic heterocycles. The third kappa shape index (κ3) is 3.36. The molecule has 0 radical (unpaired) electrons. The Kier molecular flexibility index (Phi) is 5.17. The van der Waals surface area contributed by atoms with E-state index in [0.717, 1.165) is 82.8 Å². The van der Waals surface area contributed by atoms with Crippen LogP contribution in [0.25, 0.3) is 0 Å². The van der Waals surface area contributed by atoms with Crippen molar-refractivity contribution in [3.63, 3.8) is 0 Å². The van der Waals surface area contributed by atoms with E-state index >= 15 is 0 Å². The number of amides is 1. The fourth-order valence-corrected chi connectivity index (χ4v) is 5.08. The van der Waals surface area contributed by atoms with Crippen molar-refractivity contribution in [2.45, 2.75) is 50.0 Å². The molecule has 0 aromatic heterocycles. The molecule has 3 fully saturated rings. The average molecular weight is 373 g/mol. The number of methoxy groups -OCH3 is 1. The molecule has 0 N–H and O–H groups in total. The van der Waals surface area contributed by atoms with Gasteiger partial charge in [0.15, 0.2) is 0 Å². The molecule has 2 saturated heterocycles. The number of rotatable bonds is 4. The maximum Gasteiger partial charge on any atom is 0.233 e. The maximum atomic E-state index is 13.7. The first-order valence-corrected chi connectivity index (χ1v) is 10.4. The van der Waals surface area contributed by atoms with Gasteiger partial charge in [-0.2, -0.15) is 0 Å². The minimum atomic E-state index is -0.306. The van der Waals surface area contributed by atoms with Crippen LogP contribution in [0.3, 0.4) is 0 Å². The van der Waals surface area contributed by atoms with Crippen molar-refractivity contribution in [1.82, 2.24) is 9.80 Å². The maximum absolute atomic E-state index is 13.7. The summed E-state index contributed by atoms with van der Waals surface area (Å²) in [6.07, 6.45) is 5.03. The molecule has 0 unspecified atom stereocenters. The fourth-order valence-electron chi connectivity index (χ4n) is 5.08. The summed E-state index contributed by atoms with van der Waals surface area (Å²) in [6, 6.07) is 8.10. The molecular formula is C22H32N2O3. The molecule has 1 spiro atoms. The lowest BCUT2D eigenvalue weighted by atomic mass is 9.86. The number of hydrogen-bond donors (Lipinski definition) is 0. The zero-order valence-electron chi connectivity index (χ0n) is 16.7. The highest BCUT2D eigenvalue weighted by molar-refractivity contribution is 5.91. The average Bonchev–Trinajstić information content (AvgIpc) is 3.53. The van der Waals surface area contributed by atoms with Gasteiger partial charge in [-0.05, 0) is 56.3 Å². The molecule has 1 aromatic carbocycles. The highest BCUT2D eigenvalue weighted by atomic mass is 16.5. The van der Waals surface area contributed by atoms with E-state index in [-0.39, 0.29) is 11.0 Å². The van der Waals surface area contributed by atoms with E-state index in [1.807, 2.05) is 12.1 Å². The van der Waals surface area contributed by atoms with Crippen molar-refractivity contribution < 1.29 is 14.3 Å². The normalized spacial score (nSPS) is 24.4. The van der Waals surface area contributed by atoms with Crippen molar-refractivity contribution in [1.29, 1.82) is 0 Å². The minimum Gasteiger partial charge on any atom is -0.497 e. The Morgan fingerprint density at radius 1 is 1.11 bits per heavy atom. The van der Waals surface area contributed by atoms with E-state index in [0.29, 0.717) is 5.91 Å². The van der Waals surface area contributed by atoms with Crippen LogP contribution in [-0.4, -0.2) is 67.7 Å². The smallest absolute Gasteiger partial charge is 0.233 e. The van der Waals surface area contributed by atoms with E-state index < -0.39 is 0 Å². The third-order valence-electron chi connectivity index (χ3n) is 6.91. The summed E-state index contributed by atoms with van der Waals surface area (Å²) in [6.45, 7) is 7.71. The second kappa shape index (κ2) is 7.44. The molecule has 1 aromatic rings. The Labute approximate surface area is 162 Å². The molecule has 2 heterocycles. The van der Waals surface area contributed by atoms with E-state index in [1.54, 1.807) is 7.11 Å². The van der Waals surface area contributed by atoms with E-state index in [2.05, 4.69) is 28.9 Å². The van der Waals surface area contributed by atoms with Crippen LogP contribution in [0.5, 0.6) is 5.75 Å². The van der Waals surface area contributed by atoms with Crippen molar-refractivity contribution in [2.24, 2.45) is 0 Å². The zero-order valence-corrected chi connectivity index (χ0v) is 16.7. The van der Waals surface area contributed by atoms with Crippen LogP contribution >= 0.6 is 0 Å². The van der Waals surface area contributed by atoms with Crippen molar-refractivity contribution in [3.05, 3.63) is 29.8 Å². The molecule has 1 saturated carbocycles. The van der Waals surface area contributed by atoms with Crippen LogP contribution in [0.15, 0.2) is 24.3 Å². The molecule has 148 valence electrons. The van der Waals surface area contributed by atoms with Gasteiger partial charge in [0.25, 0.3) is 0 Å². The molecule has 4 rings (SSSR count). The van der Waals surface area contributed by atoms with Crippen LogP contribution in [0.4, 0.5) is 0 Å². The number of likely N-dealkylation sites (N-methyl/N-ethyl adjacent to an activating group) is 1. The van der Waals surface area contributed by atoms with Gasteiger partial charge in [-0.1, -0.05) is 19.1 Å². The van der Waals surface area contributed by atoms with Gasteiger partial charge in [0.1, 0.15) is 5.75 Å². The Morgan fingerprint density at radius 2 is 1.81 bits per heavy atom. The van der Waals surface area contributed by atoms with Gasteiger partial charge in [-0.25, -0.2) is 0 Å². The summed E-state index contributed by atoms with van der Waals surface area (Å²) in [7, 11) is 1.68. The van der Waals surface area contributed by atoms with Crippen molar-refractivity contribution in [3.8, 4) is 5.75 Å². The van der Waals surface area contributed by atoms with Crippen LogP contribution in [0.1, 0.15) is 44.6 Å². The molecule has 1 amide bonds. The van der Waals surface area contributed by atoms with Gasteiger partial charge in [-0.3, -0.25) is 9.69 Å². The number of carbonyl (C=O) groups excluding carboxylic acids is 1. The Bertz CT molecular complexity index is 663. The van der Waals surface area contributed by atoms with Gasteiger partial charge in [0.05, 0.1) is 12.5 Å². The monoisotopic (exact) mass is 372 g/mol. The number of ether oxygens (including phenoxy) is 2. The Hall–Kier alpha value is -1.59. The Balaban J connectivity index is 1.57. The topological polar surface area (TPSA) is 42.0 Å². The van der Waals surface area contributed by atoms with Crippen molar-refractivity contribution >= 4 is 5.91 Å². The predicted molar refractivity (Wildman–Crippen MR) is 105 cm³/mol. The molecule has 27 heavy (non-hydrogen) atoms. The van der Waals surface area contributed by atoms with Crippen LogP contribution in [0.2, 0.25) is 0 Å². The summed E-state index contributed by atoms with van der Waals surface area (Å²) in [5.74, 6) is 1.17. The van der Waals surface area contributed by atoms with Gasteiger partial charge in [-0.15, -0.1) is 0 Å². The second-order valence-corrected chi connectivity index (χ2v) is 8.31. The molecule has 5 heteroatoms. The van der Waals surface area contributed by atoms with E-state index in [4.69, 9.17) is 9.47 Å². The highest BCUT2D eigenvalue weighted by Gasteiger charge is 2.54. The molecule has 5 nitrogen and oxygen atoms in total. The van der Waals surface area contributed by atoms with Gasteiger partial charge < -0.3 is 14.4 Å². The summed E-state index contributed by atoms with van der Waals surface area (Å²) < 4.78 is 10.9. The molecule has 0 bridgehead atoms. The fraction of sp³-hybridized carbons (Fsp3) is 0.682. The van der Waals surface area contributed by atoms with E-state index in [9.17, 15) is 4.79 Å². The largest absolute Gasteiger partial charge is 0.497 e. The summed E-state index contributed by atoms with van der Waals surface area (Å²) in [5.41, 5.74) is 0.931. The molecule has 1 aliphatic carbocycles. The molecule has 3 aliphatic rings. The first-order chi connectivity index (χ1) is 13.1. The predicted octanol–water partition coefficient (Wildman–Crippen LogP) is 2.83. The minimum absolute atomic E-state index is 0.0924. The van der Waals surface area contributed by atoms with Crippen LogP contribution in [0, 0.1) is 0 Å². The van der Waals surface area contributed by atoms with Gasteiger partial charge in [0.2, 0.25) is 5.91 Å².